The second-order valence-corrected chi connectivity index (χ2v) is 3.50. The van der Waals surface area contributed by atoms with Crippen molar-refractivity contribution in [3.8, 4) is 0 Å². The number of hydrogen-bond acceptors (Lipinski definition) is 4. The van der Waals surface area contributed by atoms with Gasteiger partial charge in [0.25, 0.3) is 0 Å². The molecule has 4 nitrogen and oxygen atoms in total. The fourth-order valence-electron chi connectivity index (χ4n) is 0.609. The summed E-state index contributed by atoms with van der Waals surface area (Å²) >= 11 is 1.63. The fraction of sp³-hybridized carbons (Fsp3) is 0.667. The van der Waals surface area contributed by atoms with E-state index in [1.165, 1.54) is 0 Å². The minimum absolute atomic E-state index is 0. The summed E-state index contributed by atoms with van der Waals surface area (Å²) in [5, 5.41) is 8.58. The van der Waals surface area contributed by atoms with Crippen molar-refractivity contribution in [2.24, 2.45) is 12.8 Å². The van der Waals surface area contributed by atoms with Crippen molar-refractivity contribution in [3.05, 3.63) is 6.33 Å². The van der Waals surface area contributed by atoms with Crippen LogP contribution in [-0.2, 0) is 7.05 Å². The van der Waals surface area contributed by atoms with Crippen LogP contribution in [0.25, 0.3) is 0 Å². The van der Waals surface area contributed by atoms with Crippen LogP contribution in [0.2, 0.25) is 0 Å². The number of aryl methyl sites for hydroxylation is 1. The van der Waals surface area contributed by atoms with Gasteiger partial charge in [-0.1, -0.05) is 11.8 Å². The van der Waals surface area contributed by atoms with Gasteiger partial charge in [-0.05, 0) is 6.92 Å². The SMILES string of the molecule is C[C@@H](N)CSc1nncn1C.Cl. The highest BCUT2D eigenvalue weighted by atomic mass is 35.5. The summed E-state index contributed by atoms with van der Waals surface area (Å²) in [4.78, 5) is 0. The molecule has 0 spiro atoms. The molecule has 12 heavy (non-hydrogen) atoms. The van der Waals surface area contributed by atoms with Gasteiger partial charge in [-0.2, -0.15) is 0 Å². The Kier molecular flexibility index (Phi) is 5.28. The van der Waals surface area contributed by atoms with Gasteiger partial charge in [0.05, 0.1) is 0 Å². The number of nitrogens with zero attached hydrogens (tertiary/aromatic N) is 3. The highest BCUT2D eigenvalue weighted by Crippen LogP contribution is 2.13. The van der Waals surface area contributed by atoms with E-state index in [-0.39, 0.29) is 18.4 Å². The Bertz CT molecular complexity index is 225. The Hall–Kier alpha value is -0.260. The first-order chi connectivity index (χ1) is 5.20. The standard InChI is InChI=1S/C6H12N4S.ClH/c1-5(7)3-11-6-9-8-4-10(6)2;/h4-5H,3,7H2,1-2H3;1H/t5-;/m1./s1. The third-order valence-electron chi connectivity index (χ3n) is 1.15. The van der Waals surface area contributed by atoms with Crippen molar-refractivity contribution in [2.45, 2.75) is 18.1 Å². The van der Waals surface area contributed by atoms with Crippen LogP contribution in [0, 0.1) is 0 Å². The van der Waals surface area contributed by atoms with Crippen molar-refractivity contribution < 1.29 is 0 Å². The number of hydrogen-bond donors (Lipinski definition) is 1. The van der Waals surface area contributed by atoms with Gasteiger partial charge in [0, 0.05) is 18.8 Å². The van der Waals surface area contributed by atoms with Gasteiger partial charge in [0.2, 0.25) is 0 Å². The maximum atomic E-state index is 5.58. The van der Waals surface area contributed by atoms with Crippen LogP contribution in [0.1, 0.15) is 6.92 Å². The minimum atomic E-state index is 0. The third kappa shape index (κ3) is 3.42. The second kappa shape index (κ2) is 5.40. The zero-order valence-corrected chi connectivity index (χ0v) is 8.73. The fourth-order valence-corrected chi connectivity index (χ4v) is 1.38. The summed E-state index contributed by atoms with van der Waals surface area (Å²) in [6, 6.07) is 0.205. The first kappa shape index (κ1) is 11.7. The Morgan fingerprint density at radius 2 is 2.42 bits per heavy atom. The van der Waals surface area contributed by atoms with Gasteiger partial charge in [-0.15, -0.1) is 22.6 Å². The van der Waals surface area contributed by atoms with E-state index < -0.39 is 0 Å². The van der Waals surface area contributed by atoms with Crippen LogP contribution in [0.3, 0.4) is 0 Å². The van der Waals surface area contributed by atoms with Crippen molar-refractivity contribution in [1.29, 1.82) is 0 Å². The minimum Gasteiger partial charge on any atom is -0.327 e. The molecule has 0 aromatic carbocycles. The summed E-state index contributed by atoms with van der Waals surface area (Å²) in [5.74, 6) is 0.881. The van der Waals surface area contributed by atoms with Crippen molar-refractivity contribution in [2.75, 3.05) is 5.75 Å². The van der Waals surface area contributed by atoms with Crippen molar-refractivity contribution >= 4 is 24.2 Å². The molecular weight excluding hydrogens is 196 g/mol. The molecule has 1 atom stereocenters. The first-order valence-corrected chi connectivity index (χ1v) is 4.41. The molecular formula is C6H13ClN4S. The Balaban J connectivity index is 0.00000121. The number of aromatic nitrogens is 3. The van der Waals surface area contributed by atoms with Crippen LogP contribution in [0.4, 0.5) is 0 Å². The smallest absolute Gasteiger partial charge is 0.190 e. The lowest BCUT2D eigenvalue weighted by atomic mass is 10.4. The maximum Gasteiger partial charge on any atom is 0.190 e. The first-order valence-electron chi connectivity index (χ1n) is 3.42. The van der Waals surface area contributed by atoms with Crippen LogP contribution in [-0.4, -0.2) is 26.6 Å². The average molecular weight is 209 g/mol. The molecule has 0 saturated carbocycles. The van der Waals surface area contributed by atoms with Gasteiger partial charge in [-0.25, -0.2) is 0 Å². The molecule has 0 radical (unpaired) electrons. The summed E-state index contributed by atoms with van der Waals surface area (Å²) in [6.45, 7) is 1.98. The summed E-state index contributed by atoms with van der Waals surface area (Å²) in [5.41, 5.74) is 5.58. The van der Waals surface area contributed by atoms with E-state index in [2.05, 4.69) is 10.2 Å². The summed E-state index contributed by atoms with van der Waals surface area (Å²) in [6.07, 6.45) is 1.68. The van der Waals surface area contributed by atoms with Gasteiger partial charge in [0.1, 0.15) is 6.33 Å². The van der Waals surface area contributed by atoms with Crippen LogP contribution < -0.4 is 5.73 Å². The van der Waals surface area contributed by atoms with Gasteiger partial charge >= 0.3 is 0 Å². The van der Waals surface area contributed by atoms with Crippen LogP contribution >= 0.6 is 24.2 Å². The molecule has 0 amide bonds. The molecule has 1 heterocycles. The molecule has 6 heteroatoms. The Morgan fingerprint density at radius 3 is 2.83 bits per heavy atom. The monoisotopic (exact) mass is 208 g/mol. The van der Waals surface area contributed by atoms with Crippen LogP contribution in [0.15, 0.2) is 11.5 Å². The van der Waals surface area contributed by atoms with Crippen molar-refractivity contribution in [1.82, 2.24) is 14.8 Å². The maximum absolute atomic E-state index is 5.58. The van der Waals surface area contributed by atoms with Crippen LogP contribution in [0.5, 0.6) is 0 Å². The lowest BCUT2D eigenvalue weighted by Gasteiger charge is -2.02. The number of halogens is 1. The lowest BCUT2D eigenvalue weighted by molar-refractivity contribution is 0.780. The predicted molar refractivity (Wildman–Crippen MR) is 52.6 cm³/mol. The molecule has 1 aromatic rings. The third-order valence-corrected chi connectivity index (χ3v) is 2.47. The molecule has 2 N–H and O–H groups in total. The molecule has 0 aliphatic carbocycles. The zero-order chi connectivity index (χ0) is 8.27. The Morgan fingerprint density at radius 1 is 1.75 bits per heavy atom. The Labute approximate surface area is 82.3 Å². The molecule has 0 aliphatic rings. The number of rotatable bonds is 3. The molecule has 1 aromatic heterocycles. The van der Waals surface area contributed by atoms with E-state index in [0.717, 1.165) is 10.9 Å². The largest absolute Gasteiger partial charge is 0.327 e. The van der Waals surface area contributed by atoms with E-state index in [4.69, 9.17) is 5.73 Å². The lowest BCUT2D eigenvalue weighted by Crippen LogP contribution is -2.17. The van der Waals surface area contributed by atoms with Crippen molar-refractivity contribution in [3.63, 3.8) is 0 Å². The quantitative estimate of drug-likeness (QED) is 0.743. The van der Waals surface area contributed by atoms with Gasteiger partial charge in [0.15, 0.2) is 5.16 Å². The van der Waals surface area contributed by atoms with E-state index in [1.54, 1.807) is 18.1 Å². The number of nitrogens with two attached hydrogens (primary N) is 1. The summed E-state index contributed by atoms with van der Waals surface area (Å²) in [7, 11) is 1.92. The molecule has 0 unspecified atom stereocenters. The van der Waals surface area contributed by atoms with E-state index in [1.807, 2.05) is 18.5 Å². The van der Waals surface area contributed by atoms with Gasteiger partial charge < -0.3 is 10.3 Å². The molecule has 0 bridgehead atoms. The topological polar surface area (TPSA) is 56.7 Å². The van der Waals surface area contributed by atoms with Gasteiger partial charge in [-0.3, -0.25) is 0 Å². The molecule has 1 rings (SSSR count). The number of thioether (sulfide) groups is 1. The second-order valence-electron chi connectivity index (χ2n) is 2.51. The highest BCUT2D eigenvalue weighted by Gasteiger charge is 2.01. The molecule has 70 valence electrons. The van der Waals surface area contributed by atoms with E-state index in [0.29, 0.717) is 0 Å². The average Bonchev–Trinajstić information content (AvgIpc) is 2.31. The highest BCUT2D eigenvalue weighted by molar-refractivity contribution is 7.99. The zero-order valence-electron chi connectivity index (χ0n) is 7.10. The molecule has 0 saturated heterocycles. The molecule has 0 aliphatic heterocycles. The van der Waals surface area contributed by atoms with E-state index >= 15 is 0 Å². The normalized spacial score (nSPS) is 12.2. The van der Waals surface area contributed by atoms with E-state index in [9.17, 15) is 0 Å². The summed E-state index contributed by atoms with van der Waals surface area (Å²) < 4.78 is 1.88. The predicted octanol–water partition coefficient (Wildman–Crippen LogP) is 0.676. The molecule has 0 fully saturated rings.